The molecule has 2 N–H and O–H groups in total. The second-order valence-corrected chi connectivity index (χ2v) is 9.27. The second-order valence-electron chi connectivity index (χ2n) is 7.71. The number of ether oxygens (including phenoxy) is 1. The molecule has 0 aliphatic heterocycles. The summed E-state index contributed by atoms with van der Waals surface area (Å²) in [5.74, 6) is 2.41. The molecule has 1 heterocycles. The monoisotopic (exact) mass is 375 g/mol. The number of thioether (sulfide) groups is 1. The number of nitrogens with one attached hydrogen (secondary N) is 1. The van der Waals surface area contributed by atoms with Gasteiger partial charge in [0.05, 0.1) is 17.5 Å². The second kappa shape index (κ2) is 15.6. The normalized spacial score (nSPS) is 11.2. The van der Waals surface area contributed by atoms with Gasteiger partial charge in [0, 0.05) is 19.5 Å². The quantitative estimate of drug-likeness (QED) is 0.640. The molecule has 25 heavy (non-hydrogen) atoms. The van der Waals surface area contributed by atoms with Crippen LogP contribution in [0.3, 0.4) is 0 Å². The predicted octanol–water partition coefficient (Wildman–Crippen LogP) is 4.93. The molecule has 1 rings (SSSR count). The van der Waals surface area contributed by atoms with Crippen molar-refractivity contribution in [3.8, 4) is 0 Å². The first-order valence-corrected chi connectivity index (χ1v) is 10.2. The molecule has 0 aliphatic rings. The van der Waals surface area contributed by atoms with Crippen molar-refractivity contribution in [1.29, 1.82) is 0 Å². The van der Waals surface area contributed by atoms with Gasteiger partial charge in [-0.15, -0.1) is 0 Å². The number of rotatable bonds is 9. The first-order valence-electron chi connectivity index (χ1n) is 9.17. The third-order valence-electron chi connectivity index (χ3n) is 3.12. The third kappa shape index (κ3) is 19.6. The van der Waals surface area contributed by atoms with Crippen molar-refractivity contribution >= 4 is 11.8 Å². The van der Waals surface area contributed by atoms with E-state index in [0.29, 0.717) is 11.2 Å². The molecule has 0 atom stereocenters. The van der Waals surface area contributed by atoms with Crippen molar-refractivity contribution in [2.24, 2.45) is 11.8 Å². The molecule has 0 saturated carbocycles. The smallest absolute Gasteiger partial charge is 0.0923 e. The van der Waals surface area contributed by atoms with E-state index < -0.39 is 0 Å². The zero-order valence-corrected chi connectivity index (χ0v) is 18.6. The summed E-state index contributed by atoms with van der Waals surface area (Å²) in [7, 11) is 1.00. The summed E-state index contributed by atoms with van der Waals surface area (Å²) >= 11 is 1.87. The van der Waals surface area contributed by atoms with E-state index in [9.17, 15) is 0 Å². The van der Waals surface area contributed by atoms with Crippen LogP contribution >= 0.6 is 11.8 Å². The van der Waals surface area contributed by atoms with E-state index in [2.05, 4.69) is 70.8 Å². The lowest BCUT2D eigenvalue weighted by atomic mass is 9.96. The molecule has 6 heteroatoms. The van der Waals surface area contributed by atoms with Crippen molar-refractivity contribution in [2.45, 2.75) is 84.8 Å². The molecule has 5 nitrogen and oxygen atoms in total. The minimum absolute atomic E-state index is 0.0586. The molecule has 0 bridgehead atoms. The van der Waals surface area contributed by atoms with Crippen molar-refractivity contribution in [3.05, 3.63) is 11.9 Å². The van der Waals surface area contributed by atoms with Crippen LogP contribution in [0.2, 0.25) is 0 Å². The van der Waals surface area contributed by atoms with Gasteiger partial charge in [-0.2, -0.15) is 27.2 Å². The molecule has 0 fully saturated rings. The number of aliphatic hydroxyl groups is 1. The van der Waals surface area contributed by atoms with Crippen LogP contribution in [0.5, 0.6) is 0 Å². The molecule has 0 aliphatic carbocycles. The number of aromatic nitrogens is 3. The molecule has 0 radical (unpaired) electrons. The van der Waals surface area contributed by atoms with Crippen LogP contribution in [0.1, 0.15) is 73.9 Å². The average Bonchev–Trinajstić information content (AvgIpc) is 2.99. The van der Waals surface area contributed by atoms with Gasteiger partial charge in [0.2, 0.25) is 0 Å². The molecule has 0 spiro atoms. The minimum atomic E-state index is 0.0586. The fourth-order valence-corrected chi connectivity index (χ4v) is 2.80. The molecular formula is C19H41N3O2S. The van der Waals surface area contributed by atoms with Gasteiger partial charge in [-0.1, -0.05) is 41.5 Å². The van der Waals surface area contributed by atoms with E-state index in [1.54, 1.807) is 6.20 Å². The Balaban J connectivity index is 0. The maximum absolute atomic E-state index is 7.00. The van der Waals surface area contributed by atoms with Crippen LogP contribution in [0.4, 0.5) is 0 Å². The van der Waals surface area contributed by atoms with Crippen LogP contribution in [-0.2, 0) is 10.5 Å². The summed E-state index contributed by atoms with van der Waals surface area (Å²) < 4.78 is 5.85. The van der Waals surface area contributed by atoms with Crippen LogP contribution < -0.4 is 0 Å². The zero-order chi connectivity index (χ0) is 19.9. The fourth-order valence-electron chi connectivity index (χ4n) is 2.16. The van der Waals surface area contributed by atoms with E-state index in [0.717, 1.165) is 37.5 Å². The lowest BCUT2D eigenvalue weighted by Crippen LogP contribution is -2.27. The van der Waals surface area contributed by atoms with Crippen molar-refractivity contribution in [3.63, 3.8) is 0 Å². The van der Waals surface area contributed by atoms with E-state index in [1.165, 1.54) is 6.42 Å². The number of aromatic amines is 1. The highest BCUT2D eigenvalue weighted by Gasteiger charge is 2.19. The van der Waals surface area contributed by atoms with E-state index in [1.807, 2.05) is 11.8 Å². The van der Waals surface area contributed by atoms with Crippen LogP contribution in [0, 0.1) is 11.8 Å². The number of hydrogen-bond acceptors (Lipinski definition) is 5. The Kier molecular flexibility index (Phi) is 16.7. The van der Waals surface area contributed by atoms with Crippen LogP contribution in [-0.4, -0.2) is 45.1 Å². The summed E-state index contributed by atoms with van der Waals surface area (Å²) in [6.07, 6.45) is 4.07. The SMILES string of the molecule is CC(C)CCOC(C)(C)CC(C)C.CC(C)SCc1cn[nH]n1.CO. The Morgan fingerprint density at radius 2 is 1.72 bits per heavy atom. The van der Waals surface area contributed by atoms with Gasteiger partial charge >= 0.3 is 0 Å². The summed E-state index contributed by atoms with van der Waals surface area (Å²) in [5.41, 5.74) is 1.09. The van der Waals surface area contributed by atoms with Crippen LogP contribution in [0.25, 0.3) is 0 Å². The Morgan fingerprint density at radius 3 is 2.12 bits per heavy atom. The highest BCUT2D eigenvalue weighted by atomic mass is 32.2. The van der Waals surface area contributed by atoms with Gasteiger partial charge in [-0.25, -0.2) is 0 Å². The number of H-pyrrole nitrogens is 1. The molecule has 1 aromatic rings. The van der Waals surface area contributed by atoms with E-state index in [-0.39, 0.29) is 5.60 Å². The molecule has 0 saturated heterocycles. The van der Waals surface area contributed by atoms with Gasteiger partial charge in [-0.05, 0) is 43.8 Å². The van der Waals surface area contributed by atoms with E-state index in [4.69, 9.17) is 9.84 Å². The summed E-state index contributed by atoms with van der Waals surface area (Å²) in [4.78, 5) is 0. The van der Waals surface area contributed by atoms with Crippen molar-refractivity contribution in [1.82, 2.24) is 15.4 Å². The highest BCUT2D eigenvalue weighted by Crippen LogP contribution is 2.20. The van der Waals surface area contributed by atoms with Crippen molar-refractivity contribution < 1.29 is 9.84 Å². The van der Waals surface area contributed by atoms with Crippen LogP contribution in [0.15, 0.2) is 6.20 Å². The van der Waals surface area contributed by atoms with Gasteiger partial charge < -0.3 is 9.84 Å². The maximum Gasteiger partial charge on any atom is 0.0923 e. The fraction of sp³-hybridized carbons (Fsp3) is 0.895. The molecule has 0 aromatic carbocycles. The number of aliphatic hydroxyl groups excluding tert-OH is 1. The summed E-state index contributed by atoms with van der Waals surface area (Å²) in [6.45, 7) is 18.6. The summed E-state index contributed by atoms with van der Waals surface area (Å²) in [6, 6.07) is 0. The number of nitrogens with zero attached hydrogens (tertiary/aromatic N) is 2. The van der Waals surface area contributed by atoms with E-state index >= 15 is 0 Å². The van der Waals surface area contributed by atoms with Gasteiger partial charge in [0.15, 0.2) is 0 Å². The topological polar surface area (TPSA) is 71.0 Å². The number of hydrogen-bond donors (Lipinski definition) is 2. The van der Waals surface area contributed by atoms with Gasteiger partial charge in [0.25, 0.3) is 0 Å². The third-order valence-corrected chi connectivity index (χ3v) is 4.25. The maximum atomic E-state index is 7.00. The largest absolute Gasteiger partial charge is 0.400 e. The van der Waals surface area contributed by atoms with Gasteiger partial charge in [-0.3, -0.25) is 0 Å². The summed E-state index contributed by atoms with van der Waals surface area (Å²) in [5, 5.41) is 17.9. The standard InChI is InChI=1S/C12H26O.C6H11N3S.CH4O/c1-10(2)7-8-13-12(5,6)9-11(3)4;1-5(2)10-4-6-3-7-9-8-6;1-2/h10-11H,7-9H2,1-6H3;3,5H,4H2,1-2H3,(H,7,8,9);2H,1H3. The zero-order valence-electron chi connectivity index (χ0n) is 17.8. The molecule has 1 aromatic heterocycles. The van der Waals surface area contributed by atoms with Gasteiger partial charge in [0.1, 0.15) is 0 Å². The Bertz CT molecular complexity index is 380. The first kappa shape index (κ1) is 26.6. The molecular weight excluding hydrogens is 334 g/mol. The Labute approximate surface area is 159 Å². The minimum Gasteiger partial charge on any atom is -0.400 e. The Morgan fingerprint density at radius 1 is 1.12 bits per heavy atom. The lowest BCUT2D eigenvalue weighted by molar-refractivity contribution is -0.0353. The lowest BCUT2D eigenvalue weighted by Gasteiger charge is -2.27. The average molecular weight is 376 g/mol. The molecule has 0 amide bonds. The van der Waals surface area contributed by atoms with Crippen molar-refractivity contribution in [2.75, 3.05) is 13.7 Å². The molecule has 0 unspecified atom stereocenters. The highest BCUT2D eigenvalue weighted by molar-refractivity contribution is 7.99. The predicted molar refractivity (Wildman–Crippen MR) is 110 cm³/mol. The molecule has 150 valence electrons. The first-order chi connectivity index (χ1) is 11.6. The Hall–Kier alpha value is -0.590.